The first kappa shape index (κ1) is 9.57. The average molecular weight is 167 g/mol. The summed E-state index contributed by atoms with van der Waals surface area (Å²) in [6, 6.07) is 0.322. The van der Waals surface area contributed by atoms with Crippen molar-refractivity contribution in [3.63, 3.8) is 0 Å². The molecule has 1 saturated carbocycles. The molecule has 0 amide bonds. The van der Waals surface area contributed by atoms with Crippen LogP contribution in [0.2, 0.25) is 0 Å². The van der Waals surface area contributed by atoms with E-state index in [0.29, 0.717) is 6.04 Å². The maximum atomic E-state index is 9.44. The van der Waals surface area contributed by atoms with Gasteiger partial charge in [-0.3, -0.25) is 0 Å². The van der Waals surface area contributed by atoms with Gasteiger partial charge >= 0.3 is 0 Å². The first-order valence-corrected chi connectivity index (χ1v) is 4.69. The highest BCUT2D eigenvalue weighted by Gasteiger charge is 2.23. The van der Waals surface area contributed by atoms with E-state index in [9.17, 15) is 5.11 Å². The zero-order valence-electron chi connectivity index (χ0n) is 7.42. The highest BCUT2D eigenvalue weighted by Crippen LogP contribution is 2.18. The van der Waals surface area contributed by atoms with E-state index in [1.54, 1.807) is 0 Å². The van der Waals surface area contributed by atoms with E-state index in [4.69, 9.17) is 6.42 Å². The van der Waals surface area contributed by atoms with Crippen LogP contribution in [0.4, 0.5) is 0 Å². The Balaban J connectivity index is 2.03. The molecule has 1 aliphatic rings. The van der Waals surface area contributed by atoms with E-state index in [0.717, 1.165) is 38.6 Å². The molecule has 0 aromatic rings. The Labute approximate surface area is 74.4 Å². The minimum atomic E-state index is -0.129. The lowest BCUT2D eigenvalue weighted by molar-refractivity contribution is 0.149. The van der Waals surface area contributed by atoms with Crippen molar-refractivity contribution in [2.24, 2.45) is 0 Å². The van der Waals surface area contributed by atoms with E-state index in [2.05, 4.69) is 11.2 Å². The first-order valence-electron chi connectivity index (χ1n) is 4.69. The van der Waals surface area contributed by atoms with Gasteiger partial charge in [0.1, 0.15) is 0 Å². The molecule has 0 spiro atoms. The summed E-state index contributed by atoms with van der Waals surface area (Å²) in [6.45, 7) is 0.936. The first-order chi connectivity index (χ1) is 5.84. The minimum absolute atomic E-state index is 0.129. The van der Waals surface area contributed by atoms with Crippen LogP contribution in [-0.2, 0) is 0 Å². The lowest BCUT2D eigenvalue weighted by atomic mass is 10.2. The third kappa shape index (κ3) is 2.84. The van der Waals surface area contributed by atoms with Crippen LogP contribution in [0.25, 0.3) is 0 Å². The molecule has 0 heterocycles. The third-order valence-electron chi connectivity index (χ3n) is 2.38. The van der Waals surface area contributed by atoms with Crippen molar-refractivity contribution in [2.45, 2.75) is 44.2 Å². The number of unbranched alkanes of at least 4 members (excludes halogenated alkanes) is 1. The lowest BCUT2D eigenvalue weighted by Crippen LogP contribution is -2.36. The number of aliphatic hydroxyl groups is 1. The summed E-state index contributed by atoms with van der Waals surface area (Å²) < 4.78 is 0. The third-order valence-corrected chi connectivity index (χ3v) is 2.38. The van der Waals surface area contributed by atoms with Gasteiger partial charge in [0.25, 0.3) is 0 Å². The second-order valence-electron chi connectivity index (χ2n) is 3.37. The van der Waals surface area contributed by atoms with Gasteiger partial charge in [0.15, 0.2) is 0 Å². The monoisotopic (exact) mass is 167 g/mol. The lowest BCUT2D eigenvalue weighted by Gasteiger charge is -2.15. The van der Waals surface area contributed by atoms with Gasteiger partial charge in [-0.15, -0.1) is 12.3 Å². The van der Waals surface area contributed by atoms with E-state index in [1.807, 2.05) is 0 Å². The number of rotatable bonds is 4. The molecule has 0 bridgehead atoms. The Morgan fingerprint density at radius 1 is 1.50 bits per heavy atom. The van der Waals surface area contributed by atoms with E-state index in [-0.39, 0.29) is 6.10 Å². The van der Waals surface area contributed by atoms with Gasteiger partial charge in [0, 0.05) is 12.5 Å². The summed E-state index contributed by atoms with van der Waals surface area (Å²) >= 11 is 0. The van der Waals surface area contributed by atoms with Crippen molar-refractivity contribution >= 4 is 0 Å². The fourth-order valence-corrected chi connectivity index (χ4v) is 1.66. The predicted molar refractivity (Wildman–Crippen MR) is 49.7 cm³/mol. The van der Waals surface area contributed by atoms with Crippen LogP contribution in [0.3, 0.4) is 0 Å². The maximum absolute atomic E-state index is 9.44. The highest BCUT2D eigenvalue weighted by molar-refractivity contribution is 4.85. The fourth-order valence-electron chi connectivity index (χ4n) is 1.66. The van der Waals surface area contributed by atoms with Crippen LogP contribution in [0.15, 0.2) is 0 Å². The van der Waals surface area contributed by atoms with E-state index in [1.165, 1.54) is 0 Å². The Morgan fingerprint density at radius 2 is 2.33 bits per heavy atom. The van der Waals surface area contributed by atoms with Gasteiger partial charge in [0.2, 0.25) is 0 Å². The van der Waals surface area contributed by atoms with Crippen LogP contribution in [-0.4, -0.2) is 23.8 Å². The van der Waals surface area contributed by atoms with Gasteiger partial charge in [-0.05, 0) is 32.2 Å². The number of hydrogen-bond donors (Lipinski definition) is 2. The van der Waals surface area contributed by atoms with E-state index >= 15 is 0 Å². The number of hydrogen-bond acceptors (Lipinski definition) is 2. The minimum Gasteiger partial charge on any atom is -0.392 e. The van der Waals surface area contributed by atoms with Crippen molar-refractivity contribution < 1.29 is 5.11 Å². The van der Waals surface area contributed by atoms with Gasteiger partial charge in [-0.25, -0.2) is 0 Å². The fraction of sp³-hybridized carbons (Fsp3) is 0.800. The van der Waals surface area contributed by atoms with Gasteiger partial charge in [0.05, 0.1) is 6.10 Å². The van der Waals surface area contributed by atoms with Crippen LogP contribution in [0, 0.1) is 12.3 Å². The Hall–Kier alpha value is -0.520. The molecule has 68 valence electrons. The van der Waals surface area contributed by atoms with Crippen molar-refractivity contribution in [2.75, 3.05) is 6.54 Å². The van der Waals surface area contributed by atoms with Crippen LogP contribution < -0.4 is 5.32 Å². The predicted octanol–water partition coefficient (Wildman–Crippen LogP) is 0.903. The quantitative estimate of drug-likeness (QED) is 0.481. The Kier molecular flexibility index (Phi) is 4.13. The van der Waals surface area contributed by atoms with Crippen LogP contribution in [0.5, 0.6) is 0 Å². The number of nitrogens with one attached hydrogen (secondary N) is 1. The molecule has 1 fully saturated rings. The normalized spacial score (nSPS) is 28.7. The summed E-state index contributed by atoms with van der Waals surface area (Å²) in [7, 11) is 0. The molecule has 0 saturated heterocycles. The van der Waals surface area contributed by atoms with Gasteiger partial charge in [-0.1, -0.05) is 0 Å². The SMILES string of the molecule is C#CCCCN[C@H]1CCC[C@@H]1O. The molecule has 2 N–H and O–H groups in total. The number of aliphatic hydroxyl groups excluding tert-OH is 1. The Bertz CT molecular complexity index is 162. The van der Waals surface area contributed by atoms with Crippen LogP contribution >= 0.6 is 0 Å². The largest absolute Gasteiger partial charge is 0.392 e. The maximum Gasteiger partial charge on any atom is 0.0693 e. The molecule has 2 nitrogen and oxygen atoms in total. The standard InChI is InChI=1S/C10H17NO/c1-2-3-4-8-11-9-6-5-7-10(9)12/h1,9-12H,3-8H2/t9-,10-/m0/s1. The summed E-state index contributed by atoms with van der Waals surface area (Å²) in [5, 5.41) is 12.8. The zero-order chi connectivity index (χ0) is 8.81. The molecule has 0 unspecified atom stereocenters. The van der Waals surface area contributed by atoms with Crippen LogP contribution in [0.1, 0.15) is 32.1 Å². The topological polar surface area (TPSA) is 32.3 Å². The van der Waals surface area contributed by atoms with Crippen molar-refractivity contribution in [1.29, 1.82) is 0 Å². The molecule has 0 aromatic heterocycles. The molecule has 2 heteroatoms. The van der Waals surface area contributed by atoms with Gasteiger partial charge < -0.3 is 10.4 Å². The second-order valence-corrected chi connectivity index (χ2v) is 3.37. The van der Waals surface area contributed by atoms with Crippen molar-refractivity contribution in [3.8, 4) is 12.3 Å². The van der Waals surface area contributed by atoms with Crippen molar-refractivity contribution in [3.05, 3.63) is 0 Å². The molecular formula is C10H17NO. The molecule has 12 heavy (non-hydrogen) atoms. The second kappa shape index (κ2) is 5.18. The molecule has 0 aliphatic heterocycles. The number of terminal acetylenes is 1. The average Bonchev–Trinajstić information content (AvgIpc) is 2.46. The Morgan fingerprint density at radius 3 is 2.92 bits per heavy atom. The molecule has 1 rings (SSSR count). The smallest absolute Gasteiger partial charge is 0.0693 e. The molecule has 0 radical (unpaired) electrons. The molecule has 0 aromatic carbocycles. The zero-order valence-corrected chi connectivity index (χ0v) is 7.42. The van der Waals surface area contributed by atoms with E-state index < -0.39 is 0 Å². The summed E-state index contributed by atoms with van der Waals surface area (Å²) in [5.41, 5.74) is 0. The van der Waals surface area contributed by atoms with Gasteiger partial charge in [-0.2, -0.15) is 0 Å². The van der Waals surface area contributed by atoms with Crippen molar-refractivity contribution in [1.82, 2.24) is 5.32 Å². The summed E-state index contributed by atoms with van der Waals surface area (Å²) in [5.74, 6) is 2.60. The molecule has 1 aliphatic carbocycles. The summed E-state index contributed by atoms with van der Waals surface area (Å²) in [4.78, 5) is 0. The highest BCUT2D eigenvalue weighted by atomic mass is 16.3. The molecule has 2 atom stereocenters. The summed E-state index contributed by atoms with van der Waals surface area (Å²) in [6.07, 6.45) is 10.0. The molecular weight excluding hydrogens is 150 g/mol.